The van der Waals surface area contributed by atoms with Gasteiger partial charge in [-0.2, -0.15) is 0 Å². The van der Waals surface area contributed by atoms with Crippen LogP contribution in [0.3, 0.4) is 0 Å². The molecule has 0 atom stereocenters. The Bertz CT molecular complexity index is 845. The number of hydrogen-bond acceptors (Lipinski definition) is 4. The lowest BCUT2D eigenvalue weighted by atomic mass is 9.87. The number of nitrogens with zero attached hydrogens (tertiary/aromatic N) is 2. The van der Waals surface area contributed by atoms with Gasteiger partial charge in [-0.15, -0.1) is 0 Å². The molecule has 0 bridgehead atoms. The minimum atomic E-state index is -0.488. The maximum atomic E-state index is 13.1. The topological polar surface area (TPSA) is 85.5 Å². The monoisotopic (exact) mass is 409 g/mol. The van der Waals surface area contributed by atoms with Gasteiger partial charge in [-0.3, -0.25) is 14.6 Å². The number of pyridine rings is 1. The standard InChI is InChI=1S/C24H31N3O3/c1-18-10-11-22(15-26-18)30-17-20-8-5-9-21(14-20)24(29)27(16-23(25)28)13-12-19-6-3-2-4-7-19/h5,8-11,14-15,19H,2-4,6-7,12-13,16-17H2,1H3,(H2,25,28). The van der Waals surface area contributed by atoms with E-state index in [1.54, 1.807) is 17.2 Å². The highest BCUT2D eigenvalue weighted by atomic mass is 16.5. The van der Waals surface area contributed by atoms with Crippen molar-refractivity contribution in [3.8, 4) is 5.75 Å². The Morgan fingerprint density at radius 2 is 1.97 bits per heavy atom. The zero-order valence-electron chi connectivity index (χ0n) is 17.7. The van der Waals surface area contributed by atoms with Gasteiger partial charge in [0.1, 0.15) is 12.4 Å². The van der Waals surface area contributed by atoms with Crippen LogP contribution in [0.1, 0.15) is 60.1 Å². The van der Waals surface area contributed by atoms with Gasteiger partial charge in [-0.1, -0.05) is 44.2 Å². The number of aryl methyl sites for hydroxylation is 1. The third-order valence-corrected chi connectivity index (χ3v) is 5.63. The second kappa shape index (κ2) is 10.8. The highest BCUT2D eigenvalue weighted by Crippen LogP contribution is 2.26. The van der Waals surface area contributed by atoms with E-state index in [0.29, 0.717) is 30.4 Å². The fraction of sp³-hybridized carbons (Fsp3) is 0.458. The third kappa shape index (κ3) is 6.58. The van der Waals surface area contributed by atoms with Gasteiger partial charge < -0.3 is 15.4 Å². The zero-order chi connectivity index (χ0) is 21.3. The maximum absolute atomic E-state index is 13.1. The molecule has 1 saturated carbocycles. The molecule has 160 valence electrons. The summed E-state index contributed by atoms with van der Waals surface area (Å²) in [7, 11) is 0. The summed E-state index contributed by atoms with van der Waals surface area (Å²) in [6, 6.07) is 11.1. The summed E-state index contributed by atoms with van der Waals surface area (Å²) < 4.78 is 5.77. The first-order chi connectivity index (χ1) is 14.5. The van der Waals surface area contributed by atoms with E-state index in [1.165, 1.54) is 32.1 Å². The lowest BCUT2D eigenvalue weighted by molar-refractivity contribution is -0.118. The molecule has 30 heavy (non-hydrogen) atoms. The summed E-state index contributed by atoms with van der Waals surface area (Å²) in [6.45, 7) is 2.76. The Labute approximate surface area is 178 Å². The lowest BCUT2D eigenvalue weighted by Gasteiger charge is -2.26. The van der Waals surface area contributed by atoms with Crippen LogP contribution in [0.4, 0.5) is 0 Å². The van der Waals surface area contributed by atoms with E-state index >= 15 is 0 Å². The normalized spacial score (nSPS) is 14.3. The molecular formula is C24H31N3O3. The van der Waals surface area contributed by atoms with Gasteiger partial charge in [-0.25, -0.2) is 0 Å². The van der Waals surface area contributed by atoms with Crippen molar-refractivity contribution in [3.63, 3.8) is 0 Å². The van der Waals surface area contributed by atoms with Crippen molar-refractivity contribution in [2.45, 2.75) is 52.1 Å². The molecular weight excluding hydrogens is 378 g/mol. The van der Waals surface area contributed by atoms with E-state index in [0.717, 1.165) is 17.7 Å². The molecule has 2 aromatic rings. The van der Waals surface area contributed by atoms with Crippen LogP contribution in [-0.4, -0.2) is 34.8 Å². The molecule has 1 heterocycles. The van der Waals surface area contributed by atoms with Gasteiger partial charge in [0.15, 0.2) is 0 Å². The van der Waals surface area contributed by atoms with Gasteiger partial charge >= 0.3 is 0 Å². The quantitative estimate of drug-likeness (QED) is 0.681. The Kier molecular flexibility index (Phi) is 7.82. The van der Waals surface area contributed by atoms with Gasteiger partial charge in [0, 0.05) is 17.8 Å². The number of aromatic nitrogens is 1. The molecule has 0 unspecified atom stereocenters. The Morgan fingerprint density at radius 1 is 1.17 bits per heavy atom. The smallest absolute Gasteiger partial charge is 0.254 e. The van der Waals surface area contributed by atoms with Gasteiger partial charge in [0.05, 0.1) is 12.7 Å². The third-order valence-electron chi connectivity index (χ3n) is 5.63. The van der Waals surface area contributed by atoms with Crippen LogP contribution in [0.25, 0.3) is 0 Å². The minimum Gasteiger partial charge on any atom is -0.487 e. The van der Waals surface area contributed by atoms with Crippen LogP contribution < -0.4 is 10.5 Å². The number of ether oxygens (including phenoxy) is 1. The van der Waals surface area contributed by atoms with Crippen molar-refractivity contribution < 1.29 is 14.3 Å². The Morgan fingerprint density at radius 3 is 2.67 bits per heavy atom. The average molecular weight is 410 g/mol. The van der Waals surface area contributed by atoms with E-state index in [9.17, 15) is 9.59 Å². The second-order valence-corrected chi connectivity index (χ2v) is 8.11. The summed E-state index contributed by atoms with van der Waals surface area (Å²) >= 11 is 0. The van der Waals surface area contributed by atoms with E-state index < -0.39 is 5.91 Å². The van der Waals surface area contributed by atoms with Crippen LogP contribution in [0.2, 0.25) is 0 Å². The van der Waals surface area contributed by atoms with Crippen molar-refractivity contribution >= 4 is 11.8 Å². The molecule has 0 radical (unpaired) electrons. The average Bonchev–Trinajstić information content (AvgIpc) is 2.76. The van der Waals surface area contributed by atoms with Crippen LogP contribution in [0.15, 0.2) is 42.6 Å². The number of rotatable bonds is 9. The maximum Gasteiger partial charge on any atom is 0.254 e. The van der Waals surface area contributed by atoms with Crippen molar-refractivity contribution in [2.75, 3.05) is 13.1 Å². The van der Waals surface area contributed by atoms with E-state index in [4.69, 9.17) is 10.5 Å². The first-order valence-electron chi connectivity index (χ1n) is 10.7. The molecule has 1 aromatic heterocycles. The van der Waals surface area contributed by atoms with Crippen LogP contribution in [0, 0.1) is 12.8 Å². The summed E-state index contributed by atoms with van der Waals surface area (Å²) in [5, 5.41) is 0. The summed E-state index contributed by atoms with van der Waals surface area (Å²) in [4.78, 5) is 30.4. The van der Waals surface area contributed by atoms with E-state index in [1.807, 2.05) is 37.3 Å². The minimum absolute atomic E-state index is 0.0542. The SMILES string of the molecule is Cc1ccc(OCc2cccc(C(=O)N(CCC3CCCCC3)CC(N)=O)c2)cn1. The van der Waals surface area contributed by atoms with Crippen molar-refractivity contribution in [1.29, 1.82) is 0 Å². The molecule has 0 aliphatic heterocycles. The number of amides is 2. The molecule has 2 N–H and O–H groups in total. The van der Waals surface area contributed by atoms with Crippen molar-refractivity contribution in [2.24, 2.45) is 11.7 Å². The number of nitrogens with two attached hydrogens (primary N) is 1. The van der Waals surface area contributed by atoms with Gasteiger partial charge in [0.25, 0.3) is 5.91 Å². The number of carbonyl (C=O) groups excluding carboxylic acids is 2. The molecule has 6 nitrogen and oxygen atoms in total. The lowest BCUT2D eigenvalue weighted by Crippen LogP contribution is -2.39. The fourth-order valence-electron chi connectivity index (χ4n) is 3.94. The van der Waals surface area contributed by atoms with Crippen molar-refractivity contribution in [3.05, 3.63) is 59.4 Å². The van der Waals surface area contributed by atoms with Crippen LogP contribution in [0.5, 0.6) is 5.75 Å². The number of hydrogen-bond donors (Lipinski definition) is 1. The molecule has 1 aliphatic rings. The molecule has 2 amide bonds. The largest absolute Gasteiger partial charge is 0.487 e. The number of benzene rings is 1. The predicted molar refractivity (Wildman–Crippen MR) is 116 cm³/mol. The molecule has 3 rings (SSSR count). The fourth-order valence-corrected chi connectivity index (χ4v) is 3.94. The van der Waals surface area contributed by atoms with Crippen LogP contribution in [-0.2, 0) is 11.4 Å². The first kappa shape index (κ1) is 21.8. The Hall–Kier alpha value is -2.89. The molecule has 1 aliphatic carbocycles. The predicted octanol–water partition coefficient (Wildman–Crippen LogP) is 3.87. The molecule has 6 heteroatoms. The first-order valence-corrected chi connectivity index (χ1v) is 10.7. The zero-order valence-corrected chi connectivity index (χ0v) is 17.7. The number of carbonyl (C=O) groups is 2. The molecule has 0 saturated heterocycles. The molecule has 1 aromatic carbocycles. The van der Waals surface area contributed by atoms with E-state index in [-0.39, 0.29) is 12.5 Å². The molecule has 1 fully saturated rings. The summed E-state index contributed by atoms with van der Waals surface area (Å²) in [6.07, 6.45) is 8.83. The van der Waals surface area contributed by atoms with Crippen LogP contribution >= 0.6 is 0 Å². The second-order valence-electron chi connectivity index (χ2n) is 8.11. The summed E-state index contributed by atoms with van der Waals surface area (Å²) in [5.41, 5.74) is 7.77. The molecule has 0 spiro atoms. The van der Waals surface area contributed by atoms with E-state index in [2.05, 4.69) is 4.98 Å². The van der Waals surface area contributed by atoms with Gasteiger partial charge in [0.2, 0.25) is 5.91 Å². The highest BCUT2D eigenvalue weighted by molar-refractivity contribution is 5.96. The highest BCUT2D eigenvalue weighted by Gasteiger charge is 2.21. The van der Waals surface area contributed by atoms with Crippen molar-refractivity contribution in [1.82, 2.24) is 9.88 Å². The van der Waals surface area contributed by atoms with Gasteiger partial charge in [-0.05, 0) is 49.1 Å². The number of primary amides is 1. The Balaban J connectivity index is 1.63. The summed E-state index contributed by atoms with van der Waals surface area (Å²) in [5.74, 6) is 0.659.